The predicted octanol–water partition coefficient (Wildman–Crippen LogP) is 3.27. The van der Waals surface area contributed by atoms with E-state index in [0.29, 0.717) is 0 Å². The average Bonchev–Trinajstić information content (AvgIpc) is 2.08. The van der Waals surface area contributed by atoms with E-state index < -0.39 is 0 Å². The number of rotatable bonds is 2. The van der Waals surface area contributed by atoms with Gasteiger partial charge in [-0.25, -0.2) is 0 Å². The molecule has 2 fully saturated rings. The smallest absolute Gasteiger partial charge is 0.0197 e. The fraction of sp³-hybridized carbons (Fsp3) is 1.00. The number of hydrogen-bond donors (Lipinski definition) is 0. The van der Waals surface area contributed by atoms with Crippen molar-refractivity contribution in [3.63, 3.8) is 0 Å². The molecule has 0 aromatic rings. The van der Waals surface area contributed by atoms with Gasteiger partial charge < -0.3 is 0 Å². The van der Waals surface area contributed by atoms with E-state index in [4.69, 9.17) is 0 Å². The molecule has 0 N–H and O–H groups in total. The molecular weight excluding hydrogens is 184 g/mol. The first-order valence-corrected chi connectivity index (χ1v) is 7.51. The summed E-state index contributed by atoms with van der Waals surface area (Å²) < 4.78 is 0. The van der Waals surface area contributed by atoms with E-state index in [1.165, 1.54) is 25.7 Å². The summed E-state index contributed by atoms with van der Waals surface area (Å²) in [7, 11) is 0. The first kappa shape index (κ1) is 9.26. The molecule has 12 heavy (non-hydrogen) atoms. The molecule has 70 valence electrons. The second-order valence-electron chi connectivity index (χ2n) is 4.01. The summed E-state index contributed by atoms with van der Waals surface area (Å²) in [6.45, 7) is 0. The highest BCUT2D eigenvalue weighted by atomic mass is 32.2. The fourth-order valence-corrected chi connectivity index (χ4v) is 5.95. The van der Waals surface area contributed by atoms with E-state index in [0.717, 1.165) is 22.3 Å². The summed E-state index contributed by atoms with van der Waals surface area (Å²) in [5, 5.41) is 1.98. The summed E-state index contributed by atoms with van der Waals surface area (Å²) in [5.41, 5.74) is 0. The van der Waals surface area contributed by atoms with Gasteiger partial charge >= 0.3 is 0 Å². The lowest BCUT2D eigenvalue weighted by atomic mass is 9.64. The van der Waals surface area contributed by atoms with Crippen LogP contribution in [0.2, 0.25) is 0 Å². The number of thioether (sulfide) groups is 2. The molecule has 0 aromatic heterocycles. The molecule has 2 heteroatoms. The van der Waals surface area contributed by atoms with Crippen LogP contribution < -0.4 is 0 Å². The summed E-state index contributed by atoms with van der Waals surface area (Å²) >= 11 is 4.22. The summed E-state index contributed by atoms with van der Waals surface area (Å²) in [5.74, 6) is 2.18. The molecular formula is C10H18S2. The van der Waals surface area contributed by atoms with E-state index in [2.05, 4.69) is 36.0 Å². The molecule has 0 amide bonds. The highest BCUT2D eigenvalue weighted by molar-refractivity contribution is 8.03. The van der Waals surface area contributed by atoms with E-state index in [1.807, 2.05) is 0 Å². The van der Waals surface area contributed by atoms with Gasteiger partial charge in [-0.3, -0.25) is 0 Å². The van der Waals surface area contributed by atoms with Gasteiger partial charge in [0.2, 0.25) is 0 Å². The van der Waals surface area contributed by atoms with Gasteiger partial charge in [0.1, 0.15) is 0 Å². The number of hydrogen-bond acceptors (Lipinski definition) is 2. The molecule has 0 nitrogen and oxygen atoms in total. The van der Waals surface area contributed by atoms with Crippen LogP contribution in [-0.2, 0) is 0 Å². The Balaban J connectivity index is 1.98. The van der Waals surface area contributed by atoms with Crippen molar-refractivity contribution in [2.75, 3.05) is 12.5 Å². The van der Waals surface area contributed by atoms with Crippen molar-refractivity contribution in [1.29, 1.82) is 0 Å². The minimum atomic E-state index is 0.991. The second-order valence-corrected chi connectivity index (χ2v) is 6.04. The van der Waals surface area contributed by atoms with Crippen molar-refractivity contribution >= 4 is 23.5 Å². The average molecular weight is 202 g/mol. The second kappa shape index (κ2) is 3.83. The van der Waals surface area contributed by atoms with Crippen molar-refractivity contribution in [2.45, 2.75) is 36.2 Å². The third-order valence-corrected chi connectivity index (χ3v) is 6.13. The van der Waals surface area contributed by atoms with Crippen LogP contribution in [0.15, 0.2) is 0 Å². The molecule has 0 heterocycles. The molecule has 4 unspecified atom stereocenters. The third kappa shape index (κ3) is 1.31. The minimum Gasteiger partial charge on any atom is -0.161 e. The van der Waals surface area contributed by atoms with Crippen LogP contribution in [0.1, 0.15) is 25.7 Å². The van der Waals surface area contributed by atoms with Gasteiger partial charge in [0, 0.05) is 10.5 Å². The molecule has 0 saturated heterocycles. The van der Waals surface area contributed by atoms with E-state index in [1.54, 1.807) is 0 Å². The Bertz CT molecular complexity index is 128. The summed E-state index contributed by atoms with van der Waals surface area (Å²) in [6, 6.07) is 0. The largest absolute Gasteiger partial charge is 0.161 e. The maximum absolute atomic E-state index is 2.29. The maximum Gasteiger partial charge on any atom is 0.0197 e. The molecule has 0 aliphatic heterocycles. The zero-order chi connectivity index (χ0) is 8.55. The van der Waals surface area contributed by atoms with Crippen LogP contribution in [-0.4, -0.2) is 23.0 Å². The predicted molar refractivity (Wildman–Crippen MR) is 60.1 cm³/mol. The van der Waals surface area contributed by atoms with Gasteiger partial charge in [-0.1, -0.05) is 12.8 Å². The van der Waals surface area contributed by atoms with Crippen LogP contribution in [0.3, 0.4) is 0 Å². The molecule has 0 radical (unpaired) electrons. The lowest BCUT2D eigenvalue weighted by molar-refractivity contribution is 0.136. The number of fused-ring (bicyclic) bond motifs is 1. The van der Waals surface area contributed by atoms with Crippen LogP contribution >= 0.6 is 23.5 Å². The quantitative estimate of drug-likeness (QED) is 0.674. The fourth-order valence-electron chi connectivity index (χ4n) is 2.96. The van der Waals surface area contributed by atoms with Crippen molar-refractivity contribution < 1.29 is 0 Å². The Hall–Kier alpha value is 0.700. The van der Waals surface area contributed by atoms with Gasteiger partial charge in [0.15, 0.2) is 0 Å². The van der Waals surface area contributed by atoms with E-state index in [-0.39, 0.29) is 0 Å². The molecule has 0 bridgehead atoms. The molecule has 2 rings (SSSR count). The SMILES string of the molecule is CSC1C2CCCCC2C1SC. The van der Waals surface area contributed by atoms with Gasteiger partial charge in [-0.05, 0) is 37.2 Å². The normalized spacial score (nSPS) is 46.5. The molecule has 2 aliphatic rings. The Morgan fingerprint density at radius 3 is 1.58 bits per heavy atom. The standard InChI is InChI=1S/C10H18S2/c1-11-9-7-5-3-4-6-8(7)10(9)12-2/h7-10H,3-6H2,1-2H3. The van der Waals surface area contributed by atoms with E-state index in [9.17, 15) is 0 Å². The van der Waals surface area contributed by atoms with Gasteiger partial charge in [-0.15, -0.1) is 0 Å². The Morgan fingerprint density at radius 1 is 0.833 bits per heavy atom. The highest BCUT2D eigenvalue weighted by Crippen LogP contribution is 2.54. The molecule has 4 atom stereocenters. The van der Waals surface area contributed by atoms with Crippen molar-refractivity contribution in [1.82, 2.24) is 0 Å². The van der Waals surface area contributed by atoms with Crippen LogP contribution in [0.25, 0.3) is 0 Å². The van der Waals surface area contributed by atoms with Crippen LogP contribution in [0.4, 0.5) is 0 Å². The minimum absolute atomic E-state index is 0.991. The van der Waals surface area contributed by atoms with E-state index >= 15 is 0 Å². The Labute approximate surface area is 84.3 Å². The van der Waals surface area contributed by atoms with Gasteiger partial charge in [0.05, 0.1) is 0 Å². The Kier molecular flexibility index (Phi) is 2.96. The molecule has 2 saturated carbocycles. The lowest BCUT2D eigenvalue weighted by Gasteiger charge is -2.53. The molecule has 0 aromatic carbocycles. The Morgan fingerprint density at radius 2 is 1.25 bits per heavy atom. The third-order valence-electron chi connectivity index (χ3n) is 3.59. The highest BCUT2D eigenvalue weighted by Gasteiger charge is 2.49. The summed E-state index contributed by atoms with van der Waals surface area (Å²) in [4.78, 5) is 0. The van der Waals surface area contributed by atoms with Crippen molar-refractivity contribution in [3.05, 3.63) is 0 Å². The molecule has 0 spiro atoms. The lowest BCUT2D eigenvalue weighted by Crippen LogP contribution is -2.53. The first-order valence-electron chi connectivity index (χ1n) is 4.94. The monoisotopic (exact) mass is 202 g/mol. The van der Waals surface area contributed by atoms with Gasteiger partial charge in [-0.2, -0.15) is 23.5 Å². The first-order chi connectivity index (χ1) is 5.88. The zero-order valence-electron chi connectivity index (χ0n) is 7.95. The topological polar surface area (TPSA) is 0 Å². The van der Waals surface area contributed by atoms with Gasteiger partial charge in [0.25, 0.3) is 0 Å². The van der Waals surface area contributed by atoms with Crippen LogP contribution in [0, 0.1) is 11.8 Å². The summed E-state index contributed by atoms with van der Waals surface area (Å²) in [6.07, 6.45) is 10.6. The zero-order valence-corrected chi connectivity index (χ0v) is 9.59. The van der Waals surface area contributed by atoms with Crippen molar-refractivity contribution in [2.24, 2.45) is 11.8 Å². The van der Waals surface area contributed by atoms with Crippen molar-refractivity contribution in [3.8, 4) is 0 Å². The maximum atomic E-state index is 2.29. The molecule has 2 aliphatic carbocycles. The van der Waals surface area contributed by atoms with Crippen LogP contribution in [0.5, 0.6) is 0 Å².